The van der Waals surface area contributed by atoms with Crippen molar-refractivity contribution in [3.05, 3.63) is 45.4 Å². The predicted octanol–water partition coefficient (Wildman–Crippen LogP) is 4.45. The number of hydrogen-bond donors (Lipinski definition) is 1. The molecule has 0 saturated carbocycles. The van der Waals surface area contributed by atoms with Gasteiger partial charge in [0.2, 0.25) is 5.91 Å². The molecule has 23 heavy (non-hydrogen) atoms. The molecule has 2 aromatic rings. The van der Waals surface area contributed by atoms with Crippen molar-refractivity contribution >= 4 is 34.0 Å². The van der Waals surface area contributed by atoms with E-state index in [0.29, 0.717) is 24.8 Å². The quantitative estimate of drug-likeness (QED) is 0.714. The number of nitrogens with one attached hydrogen (secondary N) is 1. The second-order valence-corrected chi connectivity index (χ2v) is 6.76. The maximum Gasteiger partial charge on any atom is 0.226 e. The van der Waals surface area contributed by atoms with Crippen molar-refractivity contribution < 1.29 is 9.53 Å². The van der Waals surface area contributed by atoms with Gasteiger partial charge in [-0.1, -0.05) is 23.7 Å². The Morgan fingerprint density at radius 1 is 1.43 bits per heavy atom. The first-order valence-corrected chi connectivity index (χ1v) is 8.85. The van der Waals surface area contributed by atoms with Crippen LogP contribution in [0.1, 0.15) is 35.8 Å². The Morgan fingerprint density at radius 2 is 2.26 bits per heavy atom. The number of ether oxygens (including phenoxy) is 1. The zero-order chi connectivity index (χ0) is 16.7. The molecule has 4 nitrogen and oxygen atoms in total. The van der Waals surface area contributed by atoms with Crippen LogP contribution in [0.25, 0.3) is 0 Å². The average molecular weight is 353 g/mol. The molecule has 0 radical (unpaired) electrons. The molecule has 1 aromatic heterocycles. The molecule has 1 N–H and O–H groups in total. The first kappa shape index (κ1) is 17.9. The summed E-state index contributed by atoms with van der Waals surface area (Å²) in [5, 5.41) is 4.24. The lowest BCUT2D eigenvalue weighted by molar-refractivity contribution is -0.116. The van der Waals surface area contributed by atoms with Crippen LogP contribution in [0.4, 0.5) is 5.13 Å². The van der Waals surface area contributed by atoms with Crippen LogP contribution in [0.15, 0.2) is 24.4 Å². The van der Waals surface area contributed by atoms with Crippen LogP contribution in [0.5, 0.6) is 0 Å². The number of nitrogens with zero attached hydrogens (tertiary/aromatic N) is 1. The van der Waals surface area contributed by atoms with Crippen LogP contribution in [0.2, 0.25) is 5.02 Å². The summed E-state index contributed by atoms with van der Waals surface area (Å²) in [4.78, 5) is 17.2. The fourth-order valence-corrected chi connectivity index (χ4v) is 3.12. The lowest BCUT2D eigenvalue weighted by Gasteiger charge is -2.03. The Bertz CT molecular complexity index is 658. The van der Waals surface area contributed by atoms with E-state index >= 15 is 0 Å². The van der Waals surface area contributed by atoms with E-state index in [0.717, 1.165) is 33.9 Å². The van der Waals surface area contributed by atoms with Gasteiger partial charge in [-0.3, -0.25) is 4.79 Å². The maximum absolute atomic E-state index is 11.8. The summed E-state index contributed by atoms with van der Waals surface area (Å²) in [5.74, 6) is -0.0241. The first-order chi connectivity index (χ1) is 11.1. The number of aromatic nitrogens is 1. The molecule has 124 valence electrons. The van der Waals surface area contributed by atoms with Crippen molar-refractivity contribution in [3.63, 3.8) is 0 Å². The molecule has 1 amide bonds. The van der Waals surface area contributed by atoms with Crippen LogP contribution in [0, 0.1) is 6.92 Å². The zero-order valence-corrected chi connectivity index (χ0v) is 15.0. The van der Waals surface area contributed by atoms with Crippen LogP contribution in [0.3, 0.4) is 0 Å². The number of thiazole rings is 1. The molecule has 0 aliphatic carbocycles. The zero-order valence-electron chi connectivity index (χ0n) is 13.4. The third kappa shape index (κ3) is 5.94. The molecule has 0 unspecified atom stereocenters. The molecule has 1 aromatic carbocycles. The summed E-state index contributed by atoms with van der Waals surface area (Å²) in [6.45, 7) is 5.22. The van der Waals surface area contributed by atoms with Crippen LogP contribution < -0.4 is 5.32 Å². The standard InChI is InChI=1S/C17H21ClN2O2S/c1-3-22-8-4-5-16(21)20-17-19-11-14(23-17)9-13-7-6-12(2)15(18)10-13/h6-7,10-11H,3-5,8-9H2,1-2H3,(H,19,20,21). The van der Waals surface area contributed by atoms with Gasteiger partial charge in [0.05, 0.1) is 0 Å². The van der Waals surface area contributed by atoms with Gasteiger partial charge >= 0.3 is 0 Å². The molecule has 0 saturated heterocycles. The highest BCUT2D eigenvalue weighted by molar-refractivity contribution is 7.15. The third-order valence-electron chi connectivity index (χ3n) is 3.31. The van der Waals surface area contributed by atoms with E-state index < -0.39 is 0 Å². The van der Waals surface area contributed by atoms with Crippen molar-refractivity contribution in [1.82, 2.24) is 4.98 Å². The van der Waals surface area contributed by atoms with E-state index in [1.807, 2.05) is 26.0 Å². The van der Waals surface area contributed by atoms with Crippen molar-refractivity contribution in [2.45, 2.75) is 33.1 Å². The second-order valence-electron chi connectivity index (χ2n) is 5.24. The lowest BCUT2D eigenvalue weighted by atomic mass is 10.1. The Labute approximate surface area is 145 Å². The molecule has 0 atom stereocenters. The number of halogens is 1. The van der Waals surface area contributed by atoms with E-state index in [1.165, 1.54) is 11.3 Å². The van der Waals surface area contributed by atoms with Crippen molar-refractivity contribution in [1.29, 1.82) is 0 Å². The monoisotopic (exact) mass is 352 g/mol. The van der Waals surface area contributed by atoms with Gasteiger partial charge in [-0.15, -0.1) is 11.3 Å². The fourth-order valence-electron chi connectivity index (χ4n) is 2.06. The fraction of sp³-hybridized carbons (Fsp3) is 0.412. The minimum Gasteiger partial charge on any atom is -0.382 e. The number of anilines is 1. The van der Waals surface area contributed by atoms with Crippen molar-refractivity contribution in [2.24, 2.45) is 0 Å². The maximum atomic E-state index is 11.8. The molecule has 0 aliphatic rings. The number of carbonyl (C=O) groups excluding carboxylic acids is 1. The van der Waals surface area contributed by atoms with E-state index in [4.69, 9.17) is 16.3 Å². The molecular formula is C17H21ClN2O2S. The Morgan fingerprint density at radius 3 is 3.00 bits per heavy atom. The highest BCUT2D eigenvalue weighted by atomic mass is 35.5. The second kappa shape index (κ2) is 9.01. The number of hydrogen-bond acceptors (Lipinski definition) is 4. The topological polar surface area (TPSA) is 51.2 Å². The number of amides is 1. The Hall–Kier alpha value is -1.43. The molecular weight excluding hydrogens is 332 g/mol. The molecule has 6 heteroatoms. The van der Waals surface area contributed by atoms with Gasteiger partial charge in [-0.05, 0) is 37.5 Å². The number of carbonyl (C=O) groups is 1. The van der Waals surface area contributed by atoms with Gasteiger partial charge in [-0.2, -0.15) is 0 Å². The summed E-state index contributed by atoms with van der Waals surface area (Å²) in [7, 11) is 0. The SMILES string of the molecule is CCOCCCC(=O)Nc1ncc(Cc2ccc(C)c(Cl)c2)s1. The van der Waals surface area contributed by atoms with Gasteiger partial charge in [0.25, 0.3) is 0 Å². The van der Waals surface area contributed by atoms with E-state index in [-0.39, 0.29) is 5.91 Å². The minimum atomic E-state index is -0.0241. The van der Waals surface area contributed by atoms with E-state index in [1.54, 1.807) is 6.20 Å². The predicted molar refractivity (Wildman–Crippen MR) is 95.5 cm³/mol. The Balaban J connectivity index is 1.85. The summed E-state index contributed by atoms with van der Waals surface area (Å²) >= 11 is 7.64. The molecule has 1 heterocycles. The average Bonchev–Trinajstić information content (AvgIpc) is 2.94. The molecule has 2 rings (SSSR count). The van der Waals surface area contributed by atoms with Gasteiger partial charge in [-0.25, -0.2) is 4.98 Å². The highest BCUT2D eigenvalue weighted by Crippen LogP contribution is 2.24. The Kier molecular flexibility index (Phi) is 7.02. The summed E-state index contributed by atoms with van der Waals surface area (Å²) < 4.78 is 5.22. The number of rotatable bonds is 8. The normalized spacial score (nSPS) is 10.7. The number of aryl methyl sites for hydroxylation is 1. The smallest absolute Gasteiger partial charge is 0.226 e. The summed E-state index contributed by atoms with van der Waals surface area (Å²) in [5.41, 5.74) is 2.21. The molecule has 0 aliphatic heterocycles. The van der Waals surface area contributed by atoms with Crippen LogP contribution in [-0.2, 0) is 16.0 Å². The van der Waals surface area contributed by atoms with Crippen molar-refractivity contribution in [2.75, 3.05) is 18.5 Å². The third-order valence-corrected chi connectivity index (χ3v) is 4.63. The van der Waals surface area contributed by atoms with Crippen LogP contribution in [-0.4, -0.2) is 24.1 Å². The van der Waals surface area contributed by atoms with Gasteiger partial charge < -0.3 is 10.1 Å². The van der Waals surface area contributed by atoms with Gasteiger partial charge in [0.1, 0.15) is 0 Å². The lowest BCUT2D eigenvalue weighted by Crippen LogP contribution is -2.11. The van der Waals surface area contributed by atoms with Gasteiger partial charge in [0, 0.05) is 42.2 Å². The van der Waals surface area contributed by atoms with E-state index in [9.17, 15) is 4.79 Å². The van der Waals surface area contributed by atoms with Crippen molar-refractivity contribution in [3.8, 4) is 0 Å². The molecule has 0 bridgehead atoms. The van der Waals surface area contributed by atoms with Crippen LogP contribution >= 0.6 is 22.9 Å². The summed E-state index contributed by atoms with van der Waals surface area (Å²) in [6, 6.07) is 6.05. The first-order valence-electron chi connectivity index (χ1n) is 7.65. The molecule has 0 spiro atoms. The highest BCUT2D eigenvalue weighted by Gasteiger charge is 2.08. The van der Waals surface area contributed by atoms with Gasteiger partial charge in [0.15, 0.2) is 5.13 Å². The number of benzene rings is 1. The summed E-state index contributed by atoms with van der Waals surface area (Å²) in [6.07, 6.45) is 3.73. The van der Waals surface area contributed by atoms with E-state index in [2.05, 4.69) is 16.4 Å². The largest absolute Gasteiger partial charge is 0.382 e. The molecule has 0 fully saturated rings. The minimum absolute atomic E-state index is 0.0241.